The molecule has 0 nitrogen and oxygen atoms in total. The second kappa shape index (κ2) is 11.7. The minimum Gasteiger partial charge on any atom is -0.422 e. The van der Waals surface area contributed by atoms with E-state index in [2.05, 4.69) is 80.2 Å². The van der Waals surface area contributed by atoms with E-state index < -0.39 is 0 Å². The Hall–Kier alpha value is 1.19. The van der Waals surface area contributed by atoms with Crippen molar-refractivity contribution in [3.8, 4) is 0 Å². The fourth-order valence-corrected chi connectivity index (χ4v) is 6.47. The first-order chi connectivity index (χ1) is 10.0. The van der Waals surface area contributed by atoms with E-state index in [-0.39, 0.29) is 0 Å². The lowest BCUT2D eigenvalue weighted by Gasteiger charge is -2.05. The maximum absolute atomic E-state index is 4.65. The zero-order chi connectivity index (χ0) is 17.4. The number of thiocarbonyl (C=S) groups is 1. The highest BCUT2D eigenvalue weighted by Crippen LogP contribution is 2.45. The molecule has 0 heterocycles. The summed E-state index contributed by atoms with van der Waals surface area (Å²) in [5, 5.41) is 2.65. The smallest absolute Gasteiger partial charge is 0.254 e. The van der Waals surface area contributed by atoms with Crippen LogP contribution in [-0.4, -0.2) is 24.5 Å². The highest BCUT2D eigenvalue weighted by atomic mass is 32.2. The van der Waals surface area contributed by atoms with Gasteiger partial charge >= 0.3 is 0 Å². The largest absolute Gasteiger partial charge is 0.422 e. The molecule has 0 fully saturated rings. The van der Waals surface area contributed by atoms with Crippen LogP contribution in [0.25, 0.3) is 0 Å². The van der Waals surface area contributed by atoms with Crippen molar-refractivity contribution in [2.75, 3.05) is 0 Å². The molecule has 0 aliphatic rings. The standard InChI is InChI=1S/C12H21S3.C4H8S3/c1-7(2)13-10-11(14-8(3)4)12(10)15-9(5)6;1-3(2)7-4(5)6/h7-9H,1-6H3;3H,1-2H3,(H,5,6)/q+1;/p-1. The SMILES string of the molecule is CC(C)SC(=S)[S-].CC(C)Sc1c(SC(C)C)c1=[S+]C(C)C. The Morgan fingerprint density at radius 3 is 1.45 bits per heavy atom. The number of hydrogen-bond donors (Lipinski definition) is 0. The second-order valence-corrected chi connectivity index (χ2v) is 13.8. The summed E-state index contributed by atoms with van der Waals surface area (Å²) in [5.74, 6) is 0. The van der Waals surface area contributed by atoms with Crippen molar-refractivity contribution in [3.05, 3.63) is 4.51 Å². The van der Waals surface area contributed by atoms with E-state index in [1.54, 1.807) is 26.1 Å². The van der Waals surface area contributed by atoms with Crippen LogP contribution in [0.2, 0.25) is 0 Å². The van der Waals surface area contributed by atoms with Crippen LogP contribution in [0, 0.1) is 4.51 Å². The molecule has 0 aromatic heterocycles. The summed E-state index contributed by atoms with van der Waals surface area (Å²) in [6, 6.07) is 0. The molecule has 1 aromatic carbocycles. The molecule has 0 N–H and O–H groups in total. The van der Waals surface area contributed by atoms with Gasteiger partial charge in [-0.2, -0.15) is 0 Å². The highest BCUT2D eigenvalue weighted by Gasteiger charge is 2.30. The molecule has 0 aliphatic heterocycles. The molecular formula is C16H28S6. The first-order valence-corrected chi connectivity index (χ1v) is 11.9. The summed E-state index contributed by atoms with van der Waals surface area (Å²) in [5.41, 5.74) is 0. The maximum atomic E-state index is 4.65. The van der Waals surface area contributed by atoms with Crippen molar-refractivity contribution in [2.24, 2.45) is 0 Å². The minimum absolute atomic E-state index is 0.546. The van der Waals surface area contributed by atoms with Gasteiger partial charge in [-0.1, -0.05) is 45.1 Å². The Bertz CT molecular complexity index is 439. The van der Waals surface area contributed by atoms with E-state index in [0.717, 1.165) is 0 Å². The first-order valence-electron chi connectivity index (χ1n) is 7.54. The van der Waals surface area contributed by atoms with E-state index >= 15 is 0 Å². The van der Waals surface area contributed by atoms with Gasteiger partial charge in [-0.15, -0.1) is 35.3 Å². The molecule has 0 saturated carbocycles. The molecule has 0 aliphatic carbocycles. The Balaban J connectivity index is 0.000000534. The molecule has 6 heteroatoms. The van der Waals surface area contributed by atoms with Gasteiger partial charge in [0, 0.05) is 15.7 Å². The van der Waals surface area contributed by atoms with E-state index in [1.165, 1.54) is 0 Å². The van der Waals surface area contributed by atoms with Crippen molar-refractivity contribution in [1.29, 1.82) is 0 Å². The summed E-state index contributed by atoms with van der Waals surface area (Å²) in [7, 11) is 0. The van der Waals surface area contributed by atoms with E-state index in [0.29, 0.717) is 24.5 Å². The van der Waals surface area contributed by atoms with E-state index in [4.69, 9.17) is 0 Å². The molecule has 0 amide bonds. The fourth-order valence-electron chi connectivity index (χ4n) is 1.36. The number of thioether (sulfide) groups is 3. The van der Waals surface area contributed by atoms with Crippen LogP contribution < -0.4 is 0 Å². The van der Waals surface area contributed by atoms with Gasteiger partial charge in [0.25, 0.3) is 4.51 Å². The molecule has 22 heavy (non-hydrogen) atoms. The zero-order valence-corrected chi connectivity index (χ0v) is 19.7. The third-order valence-corrected chi connectivity index (χ3v) is 6.92. The average molecular weight is 413 g/mol. The Morgan fingerprint density at radius 2 is 1.27 bits per heavy atom. The van der Waals surface area contributed by atoms with Crippen LogP contribution in [0.1, 0.15) is 55.4 Å². The van der Waals surface area contributed by atoms with Gasteiger partial charge in [-0.05, 0) is 13.8 Å². The van der Waals surface area contributed by atoms with Crippen molar-refractivity contribution < 1.29 is 0 Å². The van der Waals surface area contributed by atoms with Crippen LogP contribution in [0.3, 0.4) is 0 Å². The van der Waals surface area contributed by atoms with Crippen molar-refractivity contribution >= 4 is 75.0 Å². The normalized spacial score (nSPS) is 11.5. The monoisotopic (exact) mass is 412 g/mol. The van der Waals surface area contributed by atoms with Gasteiger partial charge < -0.3 is 24.8 Å². The summed E-state index contributed by atoms with van der Waals surface area (Å²) in [6.07, 6.45) is 0. The predicted octanol–water partition coefficient (Wildman–Crippen LogP) is 6.55. The molecule has 0 bridgehead atoms. The van der Waals surface area contributed by atoms with Crippen molar-refractivity contribution in [1.82, 2.24) is 0 Å². The van der Waals surface area contributed by atoms with Gasteiger partial charge in [-0.25, -0.2) is 0 Å². The minimum atomic E-state index is 0.546. The molecular weight excluding hydrogens is 385 g/mol. The molecule has 0 radical (unpaired) electrons. The van der Waals surface area contributed by atoms with Crippen LogP contribution in [-0.2, 0) is 24.0 Å². The maximum Gasteiger partial charge on any atom is 0.254 e. The summed E-state index contributed by atoms with van der Waals surface area (Å²) < 4.78 is 2.19. The van der Waals surface area contributed by atoms with Crippen LogP contribution in [0.4, 0.5) is 0 Å². The number of hydrogen-bond acceptors (Lipinski definition) is 5. The zero-order valence-electron chi connectivity index (χ0n) is 14.8. The van der Waals surface area contributed by atoms with Gasteiger partial charge in [0.1, 0.15) is 0 Å². The lowest BCUT2D eigenvalue weighted by atomic mass is 10.6. The Kier molecular flexibility index (Phi) is 12.3. The van der Waals surface area contributed by atoms with Gasteiger partial charge in [0.2, 0.25) is 0 Å². The third-order valence-electron chi connectivity index (χ3n) is 1.95. The summed E-state index contributed by atoms with van der Waals surface area (Å²) in [6.45, 7) is 17.8. The lowest BCUT2D eigenvalue weighted by molar-refractivity contribution is 1.11. The fraction of sp³-hybridized carbons (Fsp3) is 0.750. The van der Waals surface area contributed by atoms with Crippen LogP contribution in [0.5, 0.6) is 0 Å². The molecule has 128 valence electrons. The second-order valence-electron chi connectivity index (χ2n) is 5.90. The third kappa shape index (κ3) is 11.7. The quantitative estimate of drug-likeness (QED) is 0.224. The number of rotatable bonds is 6. The molecule has 0 saturated heterocycles. The average Bonchev–Trinajstić information content (AvgIpc) is 2.86. The van der Waals surface area contributed by atoms with Gasteiger partial charge in [-0.3, -0.25) is 0 Å². The molecule has 1 aromatic rings. The molecule has 0 unspecified atom stereocenters. The van der Waals surface area contributed by atoms with Gasteiger partial charge in [0.05, 0.1) is 9.79 Å². The summed E-state index contributed by atoms with van der Waals surface area (Å²) in [4.78, 5) is 3.14. The summed E-state index contributed by atoms with van der Waals surface area (Å²) >= 11 is 16.9. The Morgan fingerprint density at radius 1 is 0.864 bits per heavy atom. The van der Waals surface area contributed by atoms with Gasteiger partial charge in [0.15, 0.2) is 16.6 Å². The van der Waals surface area contributed by atoms with E-state index in [9.17, 15) is 0 Å². The van der Waals surface area contributed by atoms with E-state index in [1.807, 2.05) is 34.9 Å². The first kappa shape index (κ1) is 23.2. The molecule has 1 rings (SSSR count). The molecule has 0 spiro atoms. The van der Waals surface area contributed by atoms with Crippen LogP contribution in [0.15, 0.2) is 9.79 Å². The van der Waals surface area contributed by atoms with Crippen molar-refractivity contribution in [2.45, 2.75) is 86.2 Å². The molecule has 0 atom stereocenters. The lowest BCUT2D eigenvalue weighted by Crippen LogP contribution is -1.89. The topological polar surface area (TPSA) is 0 Å². The highest BCUT2D eigenvalue weighted by molar-refractivity contribution is 8.37. The van der Waals surface area contributed by atoms with Crippen LogP contribution >= 0.6 is 47.5 Å². The Labute approximate surface area is 164 Å². The van der Waals surface area contributed by atoms with Crippen molar-refractivity contribution in [3.63, 3.8) is 0 Å². The predicted molar refractivity (Wildman–Crippen MR) is 119 cm³/mol.